The summed E-state index contributed by atoms with van der Waals surface area (Å²) in [6, 6.07) is 3.50. The van der Waals surface area contributed by atoms with E-state index in [1.54, 1.807) is 12.1 Å². The molecule has 0 spiro atoms. The minimum Gasteiger partial charge on any atom is -0.396 e. The maximum atomic E-state index is 9.08. The molecule has 4 nitrogen and oxygen atoms in total. The molecule has 2 heterocycles. The van der Waals surface area contributed by atoms with Gasteiger partial charge in [0.2, 0.25) is 0 Å². The van der Waals surface area contributed by atoms with Crippen LogP contribution in [0.3, 0.4) is 0 Å². The summed E-state index contributed by atoms with van der Waals surface area (Å²) in [5.41, 5.74) is 6.50. The Hall–Kier alpha value is -0.840. The fourth-order valence-corrected chi connectivity index (χ4v) is 2.32. The largest absolute Gasteiger partial charge is 0.396 e. The lowest BCUT2D eigenvalue weighted by atomic mass is 9.98. The van der Waals surface area contributed by atoms with Crippen molar-refractivity contribution in [3.8, 4) is 0 Å². The second-order valence-electron chi connectivity index (χ2n) is 4.57. The monoisotopic (exact) mass is 255 g/mol. The van der Waals surface area contributed by atoms with Crippen LogP contribution in [0.2, 0.25) is 5.02 Å². The van der Waals surface area contributed by atoms with Gasteiger partial charge in [0, 0.05) is 13.2 Å². The molecule has 0 amide bonds. The molecule has 1 aromatic heterocycles. The van der Waals surface area contributed by atoms with E-state index in [-0.39, 0.29) is 0 Å². The van der Waals surface area contributed by atoms with E-state index in [2.05, 4.69) is 9.88 Å². The average Bonchev–Trinajstić information content (AvgIpc) is 2.35. The molecule has 0 saturated carbocycles. The highest BCUT2D eigenvalue weighted by Crippen LogP contribution is 2.21. The fourth-order valence-electron chi connectivity index (χ4n) is 2.15. The van der Waals surface area contributed by atoms with Gasteiger partial charge in [0.1, 0.15) is 5.82 Å². The number of hydrogen-bond donors (Lipinski definition) is 2. The Balaban J connectivity index is 1.95. The van der Waals surface area contributed by atoms with E-state index in [0.29, 0.717) is 23.4 Å². The molecule has 2 rings (SSSR count). The van der Waals surface area contributed by atoms with Gasteiger partial charge in [-0.05, 0) is 44.0 Å². The van der Waals surface area contributed by atoms with Crippen molar-refractivity contribution in [3.05, 3.63) is 22.8 Å². The number of aliphatic hydroxyl groups is 1. The van der Waals surface area contributed by atoms with Gasteiger partial charge in [0.25, 0.3) is 0 Å². The molecule has 1 saturated heterocycles. The number of pyridine rings is 1. The molecule has 1 aliphatic rings. The molecule has 0 aromatic carbocycles. The molecular formula is C12H18ClN3O. The van der Waals surface area contributed by atoms with Crippen molar-refractivity contribution in [2.24, 2.45) is 5.92 Å². The third-order valence-corrected chi connectivity index (χ3v) is 3.62. The smallest absolute Gasteiger partial charge is 0.123 e. The summed E-state index contributed by atoms with van der Waals surface area (Å²) in [6.45, 7) is 3.00. The summed E-state index contributed by atoms with van der Waals surface area (Å²) >= 11 is 6.09. The molecule has 1 fully saturated rings. The van der Waals surface area contributed by atoms with E-state index < -0.39 is 0 Å². The first-order chi connectivity index (χ1) is 8.19. The standard InChI is InChI=1S/C12H18ClN3O/c13-10-1-2-12(14)15-11(10)7-16-5-3-9(8-17)4-6-16/h1-2,9,17H,3-8H2,(H2,14,15). The zero-order valence-electron chi connectivity index (χ0n) is 9.77. The number of anilines is 1. The van der Waals surface area contributed by atoms with Gasteiger partial charge in [-0.15, -0.1) is 0 Å². The Morgan fingerprint density at radius 1 is 1.41 bits per heavy atom. The molecular weight excluding hydrogens is 238 g/mol. The molecule has 1 aliphatic heterocycles. The molecule has 3 N–H and O–H groups in total. The highest BCUT2D eigenvalue weighted by Gasteiger charge is 2.19. The van der Waals surface area contributed by atoms with E-state index >= 15 is 0 Å². The van der Waals surface area contributed by atoms with E-state index in [1.165, 1.54) is 0 Å². The summed E-state index contributed by atoms with van der Waals surface area (Å²) in [6.07, 6.45) is 2.08. The number of likely N-dealkylation sites (tertiary alicyclic amines) is 1. The normalized spacial score (nSPS) is 18.5. The van der Waals surface area contributed by atoms with E-state index in [0.717, 1.165) is 38.2 Å². The van der Waals surface area contributed by atoms with Crippen LogP contribution in [0.25, 0.3) is 0 Å². The van der Waals surface area contributed by atoms with Gasteiger partial charge in [0.05, 0.1) is 10.7 Å². The van der Waals surface area contributed by atoms with Crippen molar-refractivity contribution in [1.29, 1.82) is 0 Å². The Kier molecular flexibility index (Phi) is 4.20. The number of aromatic nitrogens is 1. The lowest BCUT2D eigenvalue weighted by Crippen LogP contribution is -2.34. The van der Waals surface area contributed by atoms with Crippen LogP contribution in [-0.2, 0) is 6.54 Å². The highest BCUT2D eigenvalue weighted by molar-refractivity contribution is 6.31. The molecule has 0 atom stereocenters. The number of rotatable bonds is 3. The van der Waals surface area contributed by atoms with Crippen LogP contribution in [0.4, 0.5) is 5.82 Å². The first-order valence-electron chi connectivity index (χ1n) is 5.93. The number of nitrogen functional groups attached to an aromatic ring is 1. The van der Waals surface area contributed by atoms with Crippen molar-refractivity contribution >= 4 is 17.4 Å². The summed E-state index contributed by atoms with van der Waals surface area (Å²) in [5.74, 6) is 0.963. The lowest BCUT2D eigenvalue weighted by Gasteiger charge is -2.30. The third-order valence-electron chi connectivity index (χ3n) is 3.28. The third kappa shape index (κ3) is 3.31. The Labute approximate surface area is 106 Å². The number of nitrogens with two attached hydrogens (primary N) is 1. The predicted octanol–water partition coefficient (Wildman–Crippen LogP) is 1.52. The number of halogens is 1. The van der Waals surface area contributed by atoms with Crippen LogP contribution in [0.1, 0.15) is 18.5 Å². The van der Waals surface area contributed by atoms with E-state index in [9.17, 15) is 0 Å². The van der Waals surface area contributed by atoms with Crippen molar-refractivity contribution in [2.75, 3.05) is 25.4 Å². The van der Waals surface area contributed by atoms with Gasteiger partial charge in [0.15, 0.2) is 0 Å². The summed E-state index contributed by atoms with van der Waals surface area (Å²) < 4.78 is 0. The number of piperidine rings is 1. The maximum Gasteiger partial charge on any atom is 0.123 e. The van der Waals surface area contributed by atoms with Crippen LogP contribution < -0.4 is 5.73 Å². The zero-order valence-corrected chi connectivity index (χ0v) is 10.5. The van der Waals surface area contributed by atoms with Crippen LogP contribution in [0.15, 0.2) is 12.1 Å². The van der Waals surface area contributed by atoms with Crippen molar-refractivity contribution < 1.29 is 5.11 Å². The molecule has 0 aliphatic carbocycles. The molecule has 0 radical (unpaired) electrons. The molecule has 5 heteroatoms. The second kappa shape index (κ2) is 5.67. The minimum atomic E-state index is 0.297. The Morgan fingerprint density at radius 3 is 2.76 bits per heavy atom. The lowest BCUT2D eigenvalue weighted by molar-refractivity contribution is 0.126. The molecule has 1 aromatic rings. The molecule has 0 bridgehead atoms. The summed E-state index contributed by atoms with van der Waals surface area (Å²) in [7, 11) is 0. The Morgan fingerprint density at radius 2 is 2.12 bits per heavy atom. The van der Waals surface area contributed by atoms with Crippen LogP contribution in [0, 0.1) is 5.92 Å². The molecule has 0 unspecified atom stereocenters. The molecule has 94 valence electrons. The van der Waals surface area contributed by atoms with Gasteiger partial charge in [-0.2, -0.15) is 0 Å². The quantitative estimate of drug-likeness (QED) is 0.860. The number of aliphatic hydroxyl groups excluding tert-OH is 1. The number of nitrogens with zero attached hydrogens (tertiary/aromatic N) is 2. The van der Waals surface area contributed by atoms with Gasteiger partial charge in [-0.25, -0.2) is 4.98 Å². The minimum absolute atomic E-state index is 0.297. The first-order valence-corrected chi connectivity index (χ1v) is 6.31. The van der Waals surface area contributed by atoms with Gasteiger partial charge >= 0.3 is 0 Å². The summed E-state index contributed by atoms with van der Waals surface area (Å²) in [4.78, 5) is 6.57. The van der Waals surface area contributed by atoms with Gasteiger partial charge in [-0.1, -0.05) is 11.6 Å². The Bertz CT molecular complexity index is 378. The zero-order chi connectivity index (χ0) is 12.3. The van der Waals surface area contributed by atoms with Crippen molar-refractivity contribution in [1.82, 2.24) is 9.88 Å². The van der Waals surface area contributed by atoms with Crippen LogP contribution >= 0.6 is 11.6 Å². The highest BCUT2D eigenvalue weighted by atomic mass is 35.5. The van der Waals surface area contributed by atoms with Crippen molar-refractivity contribution in [2.45, 2.75) is 19.4 Å². The van der Waals surface area contributed by atoms with Crippen molar-refractivity contribution in [3.63, 3.8) is 0 Å². The predicted molar refractivity (Wildman–Crippen MR) is 68.7 cm³/mol. The summed E-state index contributed by atoms with van der Waals surface area (Å²) in [5, 5.41) is 9.75. The maximum absolute atomic E-state index is 9.08. The van der Waals surface area contributed by atoms with E-state index in [4.69, 9.17) is 22.4 Å². The first kappa shape index (κ1) is 12.6. The SMILES string of the molecule is Nc1ccc(Cl)c(CN2CCC(CO)CC2)n1. The van der Waals surface area contributed by atoms with E-state index in [1.807, 2.05) is 0 Å². The van der Waals surface area contributed by atoms with Gasteiger partial charge < -0.3 is 10.8 Å². The topological polar surface area (TPSA) is 62.4 Å². The molecule has 17 heavy (non-hydrogen) atoms. The second-order valence-corrected chi connectivity index (χ2v) is 4.97. The average molecular weight is 256 g/mol. The van der Waals surface area contributed by atoms with Gasteiger partial charge in [-0.3, -0.25) is 4.90 Å². The number of hydrogen-bond acceptors (Lipinski definition) is 4. The van der Waals surface area contributed by atoms with Crippen LogP contribution in [-0.4, -0.2) is 34.7 Å². The fraction of sp³-hybridized carbons (Fsp3) is 0.583. The van der Waals surface area contributed by atoms with Crippen LogP contribution in [0.5, 0.6) is 0 Å².